The van der Waals surface area contributed by atoms with Gasteiger partial charge in [-0.2, -0.15) is 0 Å². The Balaban J connectivity index is 3.95. The molecular formula is C10H17NO. The Morgan fingerprint density at radius 2 is 2.17 bits per heavy atom. The second-order valence-corrected chi connectivity index (χ2v) is 3.20. The minimum Gasteiger partial charge on any atom is -0.366 e. The number of hydrogen-bond acceptors (Lipinski definition) is 1. The molecular weight excluding hydrogens is 150 g/mol. The molecule has 0 saturated heterocycles. The second-order valence-electron chi connectivity index (χ2n) is 3.20. The van der Waals surface area contributed by atoms with Crippen LogP contribution in [-0.4, -0.2) is 5.91 Å². The van der Waals surface area contributed by atoms with Gasteiger partial charge in [-0.3, -0.25) is 4.79 Å². The molecule has 2 nitrogen and oxygen atoms in total. The van der Waals surface area contributed by atoms with E-state index in [-0.39, 0.29) is 0 Å². The summed E-state index contributed by atoms with van der Waals surface area (Å²) in [5.41, 5.74) is 5.61. The summed E-state index contributed by atoms with van der Waals surface area (Å²) in [6, 6.07) is 0. The lowest BCUT2D eigenvalue weighted by molar-refractivity contribution is -0.114. The molecule has 0 bridgehead atoms. The molecule has 1 amide bonds. The van der Waals surface area contributed by atoms with E-state index < -0.39 is 5.91 Å². The van der Waals surface area contributed by atoms with Crippen molar-refractivity contribution in [1.82, 2.24) is 0 Å². The van der Waals surface area contributed by atoms with Crippen molar-refractivity contribution in [2.24, 2.45) is 11.7 Å². The highest BCUT2D eigenvalue weighted by atomic mass is 16.1. The first-order valence-electron chi connectivity index (χ1n) is 4.20. The molecule has 2 N–H and O–H groups in total. The van der Waals surface area contributed by atoms with Gasteiger partial charge in [0.1, 0.15) is 0 Å². The Labute approximate surface area is 74.1 Å². The summed E-state index contributed by atoms with van der Waals surface area (Å²) in [7, 11) is 0. The normalized spacial score (nSPS) is 11.8. The van der Waals surface area contributed by atoms with E-state index in [2.05, 4.69) is 20.4 Å². The molecule has 0 fully saturated rings. The fourth-order valence-electron chi connectivity index (χ4n) is 0.857. The van der Waals surface area contributed by atoms with E-state index in [4.69, 9.17) is 5.73 Å². The van der Waals surface area contributed by atoms with Crippen LogP contribution in [0.5, 0.6) is 0 Å². The maximum atomic E-state index is 10.7. The second kappa shape index (κ2) is 5.58. The quantitative estimate of drug-likeness (QED) is 0.494. The third-order valence-corrected chi connectivity index (χ3v) is 1.61. The van der Waals surface area contributed by atoms with Crippen molar-refractivity contribution in [3.05, 3.63) is 24.3 Å². The van der Waals surface area contributed by atoms with E-state index >= 15 is 0 Å². The predicted molar refractivity (Wildman–Crippen MR) is 51.5 cm³/mol. The topological polar surface area (TPSA) is 43.1 Å². The zero-order valence-electron chi connectivity index (χ0n) is 7.84. The van der Waals surface area contributed by atoms with Gasteiger partial charge >= 0.3 is 0 Å². The van der Waals surface area contributed by atoms with Gasteiger partial charge in [-0.15, -0.1) is 0 Å². The van der Waals surface area contributed by atoms with Crippen LogP contribution in [0.15, 0.2) is 24.3 Å². The first kappa shape index (κ1) is 11.0. The van der Waals surface area contributed by atoms with Crippen molar-refractivity contribution < 1.29 is 4.79 Å². The minimum atomic E-state index is -0.395. The number of allylic oxidation sites excluding steroid dienone is 1. The SMILES string of the molecule is C=CC(=CCCC(C)C)C(N)=O. The maximum Gasteiger partial charge on any atom is 0.248 e. The van der Waals surface area contributed by atoms with Gasteiger partial charge in [0.25, 0.3) is 0 Å². The molecule has 0 aromatic rings. The fraction of sp³-hybridized carbons (Fsp3) is 0.500. The van der Waals surface area contributed by atoms with Crippen molar-refractivity contribution in [1.29, 1.82) is 0 Å². The number of rotatable bonds is 5. The zero-order chi connectivity index (χ0) is 9.56. The Morgan fingerprint density at radius 1 is 1.58 bits per heavy atom. The molecule has 0 saturated carbocycles. The van der Waals surface area contributed by atoms with Crippen molar-refractivity contribution in [3.63, 3.8) is 0 Å². The van der Waals surface area contributed by atoms with Gasteiger partial charge in [-0.05, 0) is 18.8 Å². The van der Waals surface area contributed by atoms with Crippen LogP contribution in [-0.2, 0) is 4.79 Å². The lowest BCUT2D eigenvalue weighted by atomic mass is 10.1. The van der Waals surface area contributed by atoms with Gasteiger partial charge in [-0.1, -0.05) is 32.6 Å². The molecule has 0 aromatic heterocycles. The number of carbonyl (C=O) groups excluding carboxylic acids is 1. The summed E-state index contributed by atoms with van der Waals surface area (Å²) >= 11 is 0. The molecule has 0 aliphatic heterocycles. The van der Waals surface area contributed by atoms with Gasteiger partial charge in [0.15, 0.2) is 0 Å². The molecule has 2 heteroatoms. The zero-order valence-corrected chi connectivity index (χ0v) is 7.84. The summed E-state index contributed by atoms with van der Waals surface area (Å²) in [5.74, 6) is 0.258. The molecule has 68 valence electrons. The first-order valence-corrected chi connectivity index (χ1v) is 4.20. The molecule has 0 radical (unpaired) electrons. The van der Waals surface area contributed by atoms with Gasteiger partial charge < -0.3 is 5.73 Å². The van der Waals surface area contributed by atoms with Crippen LogP contribution < -0.4 is 5.73 Å². The molecule has 0 aliphatic carbocycles. The van der Waals surface area contributed by atoms with Gasteiger partial charge in [0.2, 0.25) is 5.91 Å². The molecule has 0 aromatic carbocycles. The number of hydrogen-bond donors (Lipinski definition) is 1. The Kier molecular flexibility index (Phi) is 5.09. The number of amides is 1. The van der Waals surface area contributed by atoms with Gasteiger partial charge in [0.05, 0.1) is 0 Å². The van der Waals surface area contributed by atoms with E-state index in [1.165, 1.54) is 6.08 Å². The summed E-state index contributed by atoms with van der Waals surface area (Å²) in [5, 5.41) is 0. The number of nitrogens with two attached hydrogens (primary N) is 1. The molecule has 0 atom stereocenters. The van der Waals surface area contributed by atoms with Crippen LogP contribution >= 0.6 is 0 Å². The lowest BCUT2D eigenvalue weighted by Crippen LogP contribution is -2.12. The Morgan fingerprint density at radius 3 is 2.50 bits per heavy atom. The maximum absolute atomic E-state index is 10.7. The third-order valence-electron chi connectivity index (χ3n) is 1.61. The van der Waals surface area contributed by atoms with Crippen LogP contribution in [0.4, 0.5) is 0 Å². The van der Waals surface area contributed by atoms with E-state index in [0.29, 0.717) is 11.5 Å². The van der Waals surface area contributed by atoms with Crippen LogP contribution in [0.3, 0.4) is 0 Å². The number of primary amides is 1. The fourth-order valence-corrected chi connectivity index (χ4v) is 0.857. The third kappa shape index (κ3) is 4.72. The summed E-state index contributed by atoms with van der Waals surface area (Å²) < 4.78 is 0. The predicted octanol–water partition coefficient (Wildman–Crippen LogP) is 2.02. The highest BCUT2D eigenvalue weighted by Crippen LogP contribution is 2.06. The van der Waals surface area contributed by atoms with E-state index in [1.807, 2.05) is 6.08 Å². The highest BCUT2D eigenvalue weighted by Gasteiger charge is 1.98. The number of carbonyl (C=O) groups is 1. The van der Waals surface area contributed by atoms with Crippen molar-refractivity contribution in [2.45, 2.75) is 26.7 Å². The molecule has 0 unspecified atom stereocenters. The van der Waals surface area contributed by atoms with E-state index in [9.17, 15) is 4.79 Å². The van der Waals surface area contributed by atoms with Crippen molar-refractivity contribution in [2.75, 3.05) is 0 Å². The molecule has 0 heterocycles. The van der Waals surface area contributed by atoms with Crippen LogP contribution in [0, 0.1) is 5.92 Å². The Bertz CT molecular complexity index is 192. The first-order chi connectivity index (χ1) is 5.57. The monoisotopic (exact) mass is 167 g/mol. The standard InChI is InChI=1S/C10H17NO/c1-4-9(10(11)12)7-5-6-8(2)3/h4,7-8H,1,5-6H2,2-3H3,(H2,11,12). The van der Waals surface area contributed by atoms with Gasteiger partial charge in [0, 0.05) is 5.57 Å². The Hall–Kier alpha value is -1.05. The summed E-state index contributed by atoms with van der Waals surface area (Å²) in [4.78, 5) is 10.7. The smallest absolute Gasteiger partial charge is 0.248 e. The van der Waals surface area contributed by atoms with Crippen LogP contribution in [0.1, 0.15) is 26.7 Å². The lowest BCUT2D eigenvalue weighted by Gasteiger charge is -2.00. The van der Waals surface area contributed by atoms with Crippen LogP contribution in [0.2, 0.25) is 0 Å². The van der Waals surface area contributed by atoms with Gasteiger partial charge in [-0.25, -0.2) is 0 Å². The average molecular weight is 167 g/mol. The molecule has 0 rings (SSSR count). The summed E-state index contributed by atoms with van der Waals surface area (Å²) in [6.07, 6.45) is 5.31. The van der Waals surface area contributed by atoms with E-state index in [1.54, 1.807) is 0 Å². The van der Waals surface area contributed by atoms with Crippen LogP contribution in [0.25, 0.3) is 0 Å². The summed E-state index contributed by atoms with van der Waals surface area (Å²) in [6.45, 7) is 7.80. The molecule has 0 aliphatic rings. The molecule has 12 heavy (non-hydrogen) atoms. The van der Waals surface area contributed by atoms with Crippen molar-refractivity contribution in [3.8, 4) is 0 Å². The van der Waals surface area contributed by atoms with Crippen molar-refractivity contribution >= 4 is 5.91 Å². The van der Waals surface area contributed by atoms with E-state index in [0.717, 1.165) is 12.8 Å². The largest absolute Gasteiger partial charge is 0.366 e. The molecule has 0 spiro atoms. The minimum absolute atomic E-state index is 0.395. The average Bonchev–Trinajstić information content (AvgIpc) is 1.96. The highest BCUT2D eigenvalue weighted by molar-refractivity contribution is 5.94.